The van der Waals surface area contributed by atoms with E-state index in [4.69, 9.17) is 9.15 Å². The number of anilines is 1. The average Bonchev–Trinajstić information content (AvgIpc) is 2.67. The Bertz CT molecular complexity index is 1000. The highest BCUT2D eigenvalue weighted by Gasteiger charge is 2.13. The Morgan fingerprint density at radius 1 is 1.08 bits per heavy atom. The van der Waals surface area contributed by atoms with Crippen molar-refractivity contribution in [3.8, 4) is 16.9 Å². The van der Waals surface area contributed by atoms with Crippen LogP contribution in [0.3, 0.4) is 0 Å². The molecule has 0 radical (unpaired) electrons. The Labute approximate surface area is 152 Å². The molecule has 0 saturated carbocycles. The number of benzene rings is 2. The number of aryl methyl sites for hydroxylation is 1. The molecule has 0 atom stereocenters. The van der Waals surface area contributed by atoms with Crippen LogP contribution >= 0.6 is 0 Å². The number of fused-ring (bicyclic) bond motifs is 1. The summed E-state index contributed by atoms with van der Waals surface area (Å²) in [5, 5.41) is 4.27. The van der Waals surface area contributed by atoms with Crippen LogP contribution in [0.15, 0.2) is 51.7 Å². The van der Waals surface area contributed by atoms with E-state index in [2.05, 4.69) is 16.3 Å². The van der Waals surface area contributed by atoms with Gasteiger partial charge in [0, 0.05) is 43.3 Å². The van der Waals surface area contributed by atoms with E-state index in [1.54, 1.807) is 7.11 Å². The van der Waals surface area contributed by atoms with Crippen molar-refractivity contribution in [2.24, 2.45) is 0 Å². The third-order valence-corrected chi connectivity index (χ3v) is 4.91. The molecule has 1 aliphatic rings. The predicted molar refractivity (Wildman–Crippen MR) is 104 cm³/mol. The van der Waals surface area contributed by atoms with Crippen LogP contribution in [0.1, 0.15) is 5.56 Å². The molecule has 1 N–H and O–H groups in total. The monoisotopic (exact) mass is 350 g/mol. The smallest absolute Gasteiger partial charge is 0.344 e. The quantitative estimate of drug-likeness (QED) is 0.735. The van der Waals surface area contributed by atoms with E-state index in [0.717, 1.165) is 54.1 Å². The van der Waals surface area contributed by atoms with E-state index in [1.165, 1.54) is 0 Å². The van der Waals surface area contributed by atoms with Gasteiger partial charge in [-0.15, -0.1) is 0 Å². The molecule has 134 valence electrons. The van der Waals surface area contributed by atoms with Crippen LogP contribution in [0.2, 0.25) is 0 Å². The first-order valence-electron chi connectivity index (χ1n) is 8.84. The van der Waals surface area contributed by atoms with Crippen molar-refractivity contribution in [3.05, 3.63) is 58.4 Å². The summed E-state index contributed by atoms with van der Waals surface area (Å²) in [5.74, 6) is 0.805. The van der Waals surface area contributed by atoms with E-state index < -0.39 is 0 Å². The molecule has 2 aromatic carbocycles. The minimum Gasteiger partial charge on any atom is -0.496 e. The van der Waals surface area contributed by atoms with Gasteiger partial charge in [-0.1, -0.05) is 6.07 Å². The molecule has 1 aromatic heterocycles. The molecule has 0 aliphatic carbocycles. The summed E-state index contributed by atoms with van der Waals surface area (Å²) in [6, 6.07) is 13.7. The van der Waals surface area contributed by atoms with Gasteiger partial charge in [0.25, 0.3) is 0 Å². The number of methoxy groups -OCH3 is 1. The average molecular weight is 350 g/mol. The highest BCUT2D eigenvalue weighted by atomic mass is 16.5. The Balaban J connectivity index is 1.75. The summed E-state index contributed by atoms with van der Waals surface area (Å²) in [6.07, 6.45) is 0. The van der Waals surface area contributed by atoms with Gasteiger partial charge in [0.15, 0.2) is 0 Å². The van der Waals surface area contributed by atoms with Crippen molar-refractivity contribution in [1.82, 2.24) is 5.32 Å². The van der Waals surface area contributed by atoms with Gasteiger partial charge in [-0.2, -0.15) is 0 Å². The fourth-order valence-corrected chi connectivity index (χ4v) is 3.47. The van der Waals surface area contributed by atoms with Crippen LogP contribution in [0, 0.1) is 6.92 Å². The van der Waals surface area contributed by atoms with E-state index in [0.29, 0.717) is 11.1 Å². The molecule has 0 amide bonds. The third-order valence-electron chi connectivity index (χ3n) is 4.91. The van der Waals surface area contributed by atoms with Crippen molar-refractivity contribution in [2.75, 3.05) is 38.2 Å². The maximum Gasteiger partial charge on any atom is 0.344 e. The predicted octanol–water partition coefficient (Wildman–Crippen LogP) is 3.19. The first kappa shape index (κ1) is 16.7. The first-order chi connectivity index (χ1) is 12.7. The molecule has 5 heteroatoms. The standard InChI is InChI=1S/C21H22N2O3/c1-14-11-15(4-6-19(14)25-2)18-12-16-3-5-17(13-20(16)26-21(18)24)23-9-7-22-8-10-23/h3-6,11-13,22H,7-10H2,1-2H3. The molecule has 4 rings (SSSR count). The number of piperazine rings is 1. The van der Waals surface area contributed by atoms with Crippen LogP contribution in [-0.2, 0) is 0 Å². The van der Waals surface area contributed by atoms with Gasteiger partial charge in [0.2, 0.25) is 0 Å². The van der Waals surface area contributed by atoms with E-state index in [-0.39, 0.29) is 5.63 Å². The number of hydrogen-bond acceptors (Lipinski definition) is 5. The van der Waals surface area contributed by atoms with Crippen molar-refractivity contribution >= 4 is 16.7 Å². The number of nitrogens with one attached hydrogen (secondary N) is 1. The molecule has 0 bridgehead atoms. The normalized spacial score (nSPS) is 14.6. The van der Waals surface area contributed by atoms with E-state index in [1.807, 2.05) is 43.3 Å². The molecule has 0 unspecified atom stereocenters. The van der Waals surface area contributed by atoms with Gasteiger partial charge >= 0.3 is 5.63 Å². The molecular formula is C21H22N2O3. The zero-order valence-corrected chi connectivity index (χ0v) is 15.0. The summed E-state index contributed by atoms with van der Waals surface area (Å²) in [5.41, 5.74) is 3.79. The van der Waals surface area contributed by atoms with Gasteiger partial charge in [-0.05, 0) is 48.4 Å². The minimum atomic E-state index is -0.320. The van der Waals surface area contributed by atoms with Crippen LogP contribution in [0.4, 0.5) is 5.69 Å². The summed E-state index contributed by atoms with van der Waals surface area (Å²) < 4.78 is 10.9. The second-order valence-electron chi connectivity index (χ2n) is 6.59. The van der Waals surface area contributed by atoms with Gasteiger partial charge in [-0.25, -0.2) is 4.79 Å². The fraction of sp³-hybridized carbons (Fsp3) is 0.286. The highest BCUT2D eigenvalue weighted by molar-refractivity contribution is 5.84. The van der Waals surface area contributed by atoms with Crippen molar-refractivity contribution in [3.63, 3.8) is 0 Å². The maximum atomic E-state index is 12.6. The summed E-state index contributed by atoms with van der Waals surface area (Å²) in [7, 11) is 1.64. The molecule has 1 saturated heterocycles. The molecule has 5 nitrogen and oxygen atoms in total. The molecule has 1 fully saturated rings. The largest absolute Gasteiger partial charge is 0.496 e. The second kappa shape index (κ2) is 6.84. The lowest BCUT2D eigenvalue weighted by molar-refractivity contribution is 0.412. The molecular weight excluding hydrogens is 328 g/mol. The zero-order valence-electron chi connectivity index (χ0n) is 15.0. The van der Waals surface area contributed by atoms with Crippen LogP contribution in [0.25, 0.3) is 22.1 Å². The number of nitrogens with zero attached hydrogens (tertiary/aromatic N) is 1. The van der Waals surface area contributed by atoms with E-state index >= 15 is 0 Å². The lowest BCUT2D eigenvalue weighted by atomic mass is 10.0. The zero-order chi connectivity index (χ0) is 18.1. The molecule has 2 heterocycles. The van der Waals surface area contributed by atoms with Crippen molar-refractivity contribution in [1.29, 1.82) is 0 Å². The second-order valence-corrected chi connectivity index (χ2v) is 6.59. The fourth-order valence-electron chi connectivity index (χ4n) is 3.47. The lowest BCUT2D eigenvalue weighted by Crippen LogP contribution is -2.43. The Hall–Kier alpha value is -2.79. The SMILES string of the molecule is COc1ccc(-c2cc3ccc(N4CCNCC4)cc3oc2=O)cc1C. The summed E-state index contributed by atoms with van der Waals surface area (Å²) >= 11 is 0. The van der Waals surface area contributed by atoms with Gasteiger partial charge < -0.3 is 19.4 Å². The summed E-state index contributed by atoms with van der Waals surface area (Å²) in [4.78, 5) is 14.9. The van der Waals surface area contributed by atoms with E-state index in [9.17, 15) is 4.79 Å². The number of hydrogen-bond donors (Lipinski definition) is 1. The summed E-state index contributed by atoms with van der Waals surface area (Å²) in [6.45, 7) is 5.82. The van der Waals surface area contributed by atoms with Crippen LogP contribution in [-0.4, -0.2) is 33.3 Å². The third kappa shape index (κ3) is 3.06. The number of ether oxygens (including phenoxy) is 1. The lowest BCUT2D eigenvalue weighted by Gasteiger charge is -2.29. The topological polar surface area (TPSA) is 54.7 Å². The van der Waals surface area contributed by atoms with Crippen molar-refractivity contribution in [2.45, 2.75) is 6.92 Å². The molecule has 1 aliphatic heterocycles. The maximum absolute atomic E-state index is 12.6. The molecule has 0 spiro atoms. The first-order valence-corrected chi connectivity index (χ1v) is 8.84. The van der Waals surface area contributed by atoms with Crippen LogP contribution in [0.5, 0.6) is 5.75 Å². The highest BCUT2D eigenvalue weighted by Crippen LogP contribution is 2.28. The Morgan fingerprint density at radius 3 is 2.62 bits per heavy atom. The van der Waals surface area contributed by atoms with Gasteiger partial charge in [-0.3, -0.25) is 0 Å². The molecule has 26 heavy (non-hydrogen) atoms. The Kier molecular flexibility index (Phi) is 4.39. The molecule has 3 aromatic rings. The van der Waals surface area contributed by atoms with Crippen molar-refractivity contribution < 1.29 is 9.15 Å². The minimum absolute atomic E-state index is 0.320. The van der Waals surface area contributed by atoms with Crippen LogP contribution < -0.4 is 20.6 Å². The van der Waals surface area contributed by atoms with Gasteiger partial charge in [0.1, 0.15) is 11.3 Å². The Morgan fingerprint density at radius 2 is 1.88 bits per heavy atom. The number of rotatable bonds is 3. The van der Waals surface area contributed by atoms with Gasteiger partial charge in [0.05, 0.1) is 12.7 Å².